The molecule has 0 radical (unpaired) electrons. The lowest BCUT2D eigenvalue weighted by Crippen LogP contribution is -2.48. The molecule has 0 fully saturated rings. The fraction of sp³-hybridized carbons (Fsp3) is 0.667. The molecule has 3 rings (SSSR count). The van der Waals surface area contributed by atoms with Crippen molar-refractivity contribution in [2.24, 2.45) is 17.8 Å². The van der Waals surface area contributed by atoms with E-state index >= 15 is 0 Å². The molecule has 104 valence electrons. The molecular weight excluding hydrogens is 244 g/mol. The molecule has 0 amide bonds. The van der Waals surface area contributed by atoms with Gasteiger partial charge in [-0.15, -0.1) is 0 Å². The lowest BCUT2D eigenvalue weighted by molar-refractivity contribution is -0.0928. The summed E-state index contributed by atoms with van der Waals surface area (Å²) in [5.41, 5.74) is 0.0981. The molecule has 4 heteroatoms. The topological polar surface area (TPSA) is 70.7 Å². The molecule has 0 saturated carbocycles. The highest BCUT2D eigenvalue weighted by Crippen LogP contribution is 2.54. The maximum atomic E-state index is 12.2. The minimum absolute atomic E-state index is 0.0538. The van der Waals surface area contributed by atoms with E-state index in [-0.39, 0.29) is 29.3 Å². The zero-order chi connectivity index (χ0) is 13.9. The van der Waals surface area contributed by atoms with Crippen LogP contribution < -0.4 is 0 Å². The first-order valence-electron chi connectivity index (χ1n) is 6.92. The molecule has 2 aliphatic carbocycles. The Hall–Kier alpha value is -1.13. The van der Waals surface area contributed by atoms with Crippen LogP contribution in [0.4, 0.5) is 0 Å². The van der Waals surface area contributed by atoms with E-state index in [4.69, 9.17) is 4.42 Å². The van der Waals surface area contributed by atoms with Crippen molar-refractivity contribution >= 4 is 5.78 Å². The van der Waals surface area contributed by atoms with Crippen molar-refractivity contribution < 1.29 is 19.4 Å². The summed E-state index contributed by atoms with van der Waals surface area (Å²) in [6.07, 6.45) is 1.72. The van der Waals surface area contributed by atoms with E-state index in [0.29, 0.717) is 24.0 Å². The summed E-state index contributed by atoms with van der Waals surface area (Å²) in [6.45, 7) is 5.91. The van der Waals surface area contributed by atoms with Gasteiger partial charge in [0.2, 0.25) is 5.78 Å². The van der Waals surface area contributed by atoms with Gasteiger partial charge in [-0.3, -0.25) is 4.79 Å². The third-order valence-corrected chi connectivity index (χ3v) is 4.80. The molecule has 4 nitrogen and oxygen atoms in total. The molecule has 2 N–H and O–H groups in total. The Balaban J connectivity index is 2.23. The van der Waals surface area contributed by atoms with Gasteiger partial charge in [-0.05, 0) is 24.7 Å². The van der Waals surface area contributed by atoms with Crippen LogP contribution in [0.25, 0.3) is 0 Å². The SMILES string of the molecule is CC(C)[C@H]1C[C@@H](O)c2coc3c2[C@]1(O)C[C@H](C)C3=O. The van der Waals surface area contributed by atoms with Crippen molar-refractivity contribution in [1.82, 2.24) is 0 Å². The van der Waals surface area contributed by atoms with Crippen LogP contribution in [0.3, 0.4) is 0 Å². The zero-order valence-electron chi connectivity index (χ0n) is 11.5. The normalized spacial score (nSPS) is 37.6. The summed E-state index contributed by atoms with van der Waals surface area (Å²) in [5, 5.41) is 21.4. The summed E-state index contributed by atoms with van der Waals surface area (Å²) in [5.74, 6) is 0.119. The Morgan fingerprint density at radius 2 is 2.16 bits per heavy atom. The third kappa shape index (κ3) is 1.56. The Bertz CT molecular complexity index is 530. The molecule has 4 atom stereocenters. The third-order valence-electron chi connectivity index (χ3n) is 4.80. The number of carbonyl (C=O) groups is 1. The Labute approximate surface area is 112 Å². The molecule has 0 aromatic carbocycles. The van der Waals surface area contributed by atoms with Crippen molar-refractivity contribution in [2.45, 2.75) is 45.3 Å². The summed E-state index contributed by atoms with van der Waals surface area (Å²) in [6, 6.07) is 0. The van der Waals surface area contributed by atoms with Gasteiger partial charge in [0, 0.05) is 17.0 Å². The number of Topliss-reactive ketones (excluding diaryl/α,β-unsaturated/α-hetero) is 1. The van der Waals surface area contributed by atoms with Crippen LogP contribution in [0.2, 0.25) is 0 Å². The van der Waals surface area contributed by atoms with E-state index < -0.39 is 11.7 Å². The lowest BCUT2D eigenvalue weighted by atomic mass is 9.61. The Morgan fingerprint density at radius 3 is 2.79 bits per heavy atom. The van der Waals surface area contributed by atoms with Gasteiger partial charge in [-0.25, -0.2) is 0 Å². The maximum absolute atomic E-state index is 12.2. The first kappa shape index (κ1) is 12.9. The van der Waals surface area contributed by atoms with Crippen LogP contribution in [-0.4, -0.2) is 16.0 Å². The number of rotatable bonds is 1. The van der Waals surface area contributed by atoms with E-state index in [1.54, 1.807) is 0 Å². The van der Waals surface area contributed by atoms with Gasteiger partial charge in [0.1, 0.15) is 0 Å². The summed E-state index contributed by atoms with van der Waals surface area (Å²) < 4.78 is 5.37. The molecule has 1 aromatic rings. The van der Waals surface area contributed by atoms with Crippen molar-refractivity contribution in [1.29, 1.82) is 0 Å². The van der Waals surface area contributed by atoms with Gasteiger partial charge in [0.25, 0.3) is 0 Å². The number of hydrogen-bond acceptors (Lipinski definition) is 4. The van der Waals surface area contributed by atoms with E-state index in [9.17, 15) is 15.0 Å². The molecular formula is C15H20O4. The smallest absolute Gasteiger partial charge is 0.201 e. The predicted molar refractivity (Wildman–Crippen MR) is 68.6 cm³/mol. The molecule has 0 spiro atoms. The number of carbonyl (C=O) groups excluding carboxylic acids is 1. The average Bonchev–Trinajstić information content (AvgIpc) is 2.77. The zero-order valence-corrected chi connectivity index (χ0v) is 11.5. The summed E-state index contributed by atoms with van der Waals surface area (Å²) in [4.78, 5) is 12.2. The van der Waals surface area contributed by atoms with Crippen LogP contribution in [0.15, 0.2) is 10.7 Å². The molecule has 0 unspecified atom stereocenters. The second-order valence-electron chi connectivity index (χ2n) is 6.39. The van der Waals surface area contributed by atoms with Gasteiger partial charge in [-0.1, -0.05) is 20.8 Å². The number of hydrogen-bond donors (Lipinski definition) is 2. The van der Waals surface area contributed by atoms with Crippen LogP contribution in [0.5, 0.6) is 0 Å². The minimum Gasteiger partial charge on any atom is -0.460 e. The quantitative estimate of drug-likeness (QED) is 0.817. The highest BCUT2D eigenvalue weighted by molar-refractivity contribution is 5.98. The lowest BCUT2D eigenvalue weighted by Gasteiger charge is -2.46. The van der Waals surface area contributed by atoms with Crippen molar-refractivity contribution in [3.63, 3.8) is 0 Å². The first-order valence-corrected chi connectivity index (χ1v) is 6.92. The van der Waals surface area contributed by atoms with E-state index in [1.807, 2.05) is 20.8 Å². The summed E-state index contributed by atoms with van der Waals surface area (Å²) in [7, 11) is 0. The maximum Gasteiger partial charge on any atom is 0.201 e. The molecule has 2 aliphatic rings. The standard InChI is InChI=1S/C15H20O4/c1-7(2)10-4-11(16)9-6-19-14-12(9)15(10,18)5-8(3)13(14)17/h6-8,10-11,16,18H,4-5H2,1-3H3/t8-,10+,11+,15-/m0/s1. The Kier molecular flexibility index (Phi) is 2.67. The van der Waals surface area contributed by atoms with E-state index in [1.165, 1.54) is 6.26 Å². The molecule has 1 heterocycles. The monoisotopic (exact) mass is 264 g/mol. The van der Waals surface area contributed by atoms with E-state index in [0.717, 1.165) is 0 Å². The second-order valence-corrected chi connectivity index (χ2v) is 6.39. The summed E-state index contributed by atoms with van der Waals surface area (Å²) >= 11 is 0. The fourth-order valence-electron chi connectivity index (χ4n) is 3.85. The van der Waals surface area contributed by atoms with Crippen LogP contribution in [0.1, 0.15) is 61.4 Å². The van der Waals surface area contributed by atoms with E-state index in [2.05, 4.69) is 0 Å². The molecule has 0 aliphatic heterocycles. The van der Waals surface area contributed by atoms with Crippen LogP contribution in [-0.2, 0) is 5.60 Å². The largest absolute Gasteiger partial charge is 0.460 e. The van der Waals surface area contributed by atoms with Gasteiger partial charge in [0.05, 0.1) is 18.0 Å². The highest BCUT2D eigenvalue weighted by atomic mass is 16.3. The molecule has 0 saturated heterocycles. The predicted octanol–water partition coefficient (Wildman–Crippen LogP) is 2.40. The van der Waals surface area contributed by atoms with Gasteiger partial charge in [-0.2, -0.15) is 0 Å². The van der Waals surface area contributed by atoms with Gasteiger partial charge < -0.3 is 14.6 Å². The van der Waals surface area contributed by atoms with Crippen molar-refractivity contribution in [2.75, 3.05) is 0 Å². The highest BCUT2D eigenvalue weighted by Gasteiger charge is 2.54. The average molecular weight is 264 g/mol. The van der Waals surface area contributed by atoms with Gasteiger partial charge >= 0.3 is 0 Å². The number of furan rings is 1. The Morgan fingerprint density at radius 1 is 1.47 bits per heavy atom. The van der Waals surface area contributed by atoms with Crippen LogP contribution >= 0.6 is 0 Å². The van der Waals surface area contributed by atoms with Gasteiger partial charge in [0.15, 0.2) is 5.76 Å². The first-order chi connectivity index (χ1) is 8.86. The molecule has 1 aromatic heterocycles. The molecule has 19 heavy (non-hydrogen) atoms. The second kappa shape index (κ2) is 3.93. The van der Waals surface area contributed by atoms with Crippen molar-refractivity contribution in [3.05, 3.63) is 23.2 Å². The number of ketones is 1. The van der Waals surface area contributed by atoms with Crippen molar-refractivity contribution in [3.8, 4) is 0 Å². The van der Waals surface area contributed by atoms with Crippen LogP contribution in [0, 0.1) is 17.8 Å². The number of aliphatic hydroxyl groups excluding tert-OH is 1. The molecule has 0 bridgehead atoms. The fourth-order valence-corrected chi connectivity index (χ4v) is 3.85. The minimum atomic E-state index is -1.04. The number of aliphatic hydroxyl groups is 2.